The smallest absolute Gasteiger partial charge is 0.407 e. The molecule has 1 aliphatic rings. The van der Waals surface area contributed by atoms with Crippen molar-refractivity contribution in [1.82, 2.24) is 5.32 Å². The topological polar surface area (TPSA) is 75.6 Å². The maximum absolute atomic E-state index is 13.4. The summed E-state index contributed by atoms with van der Waals surface area (Å²) in [5.74, 6) is -1.48. The van der Waals surface area contributed by atoms with Gasteiger partial charge in [0.1, 0.15) is 6.61 Å². The number of nitrogens with one attached hydrogen (secondary N) is 1. The van der Waals surface area contributed by atoms with Crippen molar-refractivity contribution in [3.63, 3.8) is 0 Å². The SMILES string of the molecule is O=C(NC1CC(F)(C(=O)O)C1)OCc1ccccc1. The Morgan fingerprint density at radius 2 is 2.00 bits per heavy atom. The summed E-state index contributed by atoms with van der Waals surface area (Å²) >= 11 is 0. The zero-order valence-electron chi connectivity index (χ0n) is 10.1. The molecule has 0 heterocycles. The van der Waals surface area contributed by atoms with Gasteiger partial charge < -0.3 is 15.2 Å². The van der Waals surface area contributed by atoms with Gasteiger partial charge in [-0.25, -0.2) is 14.0 Å². The number of carboxylic acid groups (broad SMARTS) is 1. The number of rotatable bonds is 4. The Kier molecular flexibility index (Phi) is 3.69. The molecular weight excluding hydrogens is 253 g/mol. The molecule has 102 valence electrons. The van der Waals surface area contributed by atoms with Crippen LogP contribution >= 0.6 is 0 Å². The maximum atomic E-state index is 13.4. The first kappa shape index (κ1) is 13.3. The van der Waals surface area contributed by atoms with Gasteiger partial charge in [-0.3, -0.25) is 0 Å². The summed E-state index contributed by atoms with van der Waals surface area (Å²) in [5.41, 5.74) is -1.37. The summed E-state index contributed by atoms with van der Waals surface area (Å²) in [7, 11) is 0. The number of hydrogen-bond acceptors (Lipinski definition) is 3. The second kappa shape index (κ2) is 5.26. The van der Waals surface area contributed by atoms with E-state index in [-0.39, 0.29) is 19.4 Å². The molecule has 1 saturated carbocycles. The zero-order valence-corrected chi connectivity index (χ0v) is 10.1. The van der Waals surface area contributed by atoms with Gasteiger partial charge in [0.15, 0.2) is 0 Å². The van der Waals surface area contributed by atoms with Crippen LogP contribution in [0.2, 0.25) is 0 Å². The number of hydrogen-bond donors (Lipinski definition) is 2. The van der Waals surface area contributed by atoms with Gasteiger partial charge in [-0.2, -0.15) is 0 Å². The molecule has 6 heteroatoms. The summed E-state index contributed by atoms with van der Waals surface area (Å²) in [5, 5.41) is 11.0. The third-order valence-electron chi connectivity index (χ3n) is 3.06. The van der Waals surface area contributed by atoms with Crippen molar-refractivity contribution in [1.29, 1.82) is 0 Å². The second-order valence-electron chi connectivity index (χ2n) is 4.58. The van der Waals surface area contributed by atoms with Gasteiger partial charge in [0.05, 0.1) is 0 Å². The standard InChI is InChI=1S/C13H14FNO4/c14-13(11(16)17)6-10(7-13)15-12(18)19-8-9-4-2-1-3-5-9/h1-5,10H,6-8H2,(H,15,18)(H,16,17). The molecule has 0 aromatic heterocycles. The largest absolute Gasteiger partial charge is 0.479 e. The van der Waals surface area contributed by atoms with E-state index >= 15 is 0 Å². The number of carboxylic acids is 1. The molecule has 1 amide bonds. The number of aliphatic carboxylic acids is 1. The lowest BCUT2D eigenvalue weighted by molar-refractivity contribution is -0.158. The zero-order chi connectivity index (χ0) is 13.9. The number of ether oxygens (including phenoxy) is 1. The van der Waals surface area contributed by atoms with Crippen LogP contribution in [0.25, 0.3) is 0 Å². The monoisotopic (exact) mass is 267 g/mol. The Morgan fingerprint density at radius 1 is 1.37 bits per heavy atom. The molecule has 1 aromatic carbocycles. The molecule has 1 fully saturated rings. The minimum Gasteiger partial charge on any atom is -0.479 e. The average Bonchev–Trinajstić information content (AvgIpc) is 2.35. The van der Waals surface area contributed by atoms with Crippen LogP contribution in [-0.4, -0.2) is 28.9 Å². The number of carbonyl (C=O) groups is 2. The second-order valence-corrected chi connectivity index (χ2v) is 4.58. The summed E-state index contributed by atoms with van der Waals surface area (Å²) < 4.78 is 18.3. The highest BCUT2D eigenvalue weighted by molar-refractivity contribution is 5.79. The van der Waals surface area contributed by atoms with E-state index in [0.717, 1.165) is 5.56 Å². The van der Waals surface area contributed by atoms with Crippen LogP contribution < -0.4 is 5.32 Å². The lowest BCUT2D eigenvalue weighted by atomic mass is 9.77. The van der Waals surface area contributed by atoms with E-state index in [9.17, 15) is 14.0 Å². The van der Waals surface area contributed by atoms with Crippen molar-refractivity contribution < 1.29 is 23.8 Å². The van der Waals surface area contributed by atoms with E-state index < -0.39 is 23.8 Å². The molecule has 19 heavy (non-hydrogen) atoms. The third-order valence-corrected chi connectivity index (χ3v) is 3.06. The van der Waals surface area contributed by atoms with Crippen molar-refractivity contribution in [3.8, 4) is 0 Å². The quantitative estimate of drug-likeness (QED) is 0.873. The number of amides is 1. The van der Waals surface area contributed by atoms with Crippen LogP contribution in [0.1, 0.15) is 18.4 Å². The molecule has 5 nitrogen and oxygen atoms in total. The van der Waals surface area contributed by atoms with Gasteiger partial charge in [0.25, 0.3) is 0 Å². The number of benzene rings is 1. The summed E-state index contributed by atoms with van der Waals surface area (Å²) in [6.45, 7) is 0.124. The Labute approximate surface area is 109 Å². The summed E-state index contributed by atoms with van der Waals surface area (Å²) in [6.07, 6.45) is -1.10. The van der Waals surface area contributed by atoms with Crippen molar-refractivity contribution in [2.24, 2.45) is 0 Å². The number of alkyl halides is 1. The highest BCUT2D eigenvalue weighted by Crippen LogP contribution is 2.36. The first-order chi connectivity index (χ1) is 8.99. The van der Waals surface area contributed by atoms with Crippen LogP contribution in [0.15, 0.2) is 30.3 Å². The molecule has 0 bridgehead atoms. The van der Waals surface area contributed by atoms with Gasteiger partial charge in [-0.05, 0) is 5.56 Å². The van der Waals surface area contributed by atoms with E-state index in [1.807, 2.05) is 30.3 Å². The molecule has 2 rings (SSSR count). The van der Waals surface area contributed by atoms with E-state index in [2.05, 4.69) is 5.32 Å². The van der Waals surface area contributed by atoms with Gasteiger partial charge in [0.2, 0.25) is 5.67 Å². The molecule has 0 aliphatic heterocycles. The molecule has 0 spiro atoms. The lowest BCUT2D eigenvalue weighted by Gasteiger charge is -2.37. The van der Waals surface area contributed by atoms with Crippen molar-refractivity contribution in [2.45, 2.75) is 31.2 Å². The molecular formula is C13H14FNO4. The molecule has 0 atom stereocenters. The average molecular weight is 267 g/mol. The predicted molar refractivity (Wildman–Crippen MR) is 64.3 cm³/mol. The van der Waals surface area contributed by atoms with Crippen LogP contribution in [-0.2, 0) is 16.1 Å². The fourth-order valence-corrected chi connectivity index (χ4v) is 1.93. The van der Waals surface area contributed by atoms with Crippen molar-refractivity contribution in [2.75, 3.05) is 0 Å². The van der Waals surface area contributed by atoms with E-state index in [1.54, 1.807) is 0 Å². The summed E-state index contributed by atoms with van der Waals surface area (Å²) in [4.78, 5) is 21.9. The van der Waals surface area contributed by atoms with Gasteiger partial charge >= 0.3 is 12.1 Å². The van der Waals surface area contributed by atoms with E-state index in [4.69, 9.17) is 9.84 Å². The van der Waals surface area contributed by atoms with Crippen LogP contribution in [0.3, 0.4) is 0 Å². The highest BCUT2D eigenvalue weighted by Gasteiger charge is 2.52. The Bertz CT molecular complexity index is 471. The van der Waals surface area contributed by atoms with Gasteiger partial charge in [0, 0.05) is 18.9 Å². The van der Waals surface area contributed by atoms with Crippen LogP contribution in [0.5, 0.6) is 0 Å². The van der Waals surface area contributed by atoms with Gasteiger partial charge in [-0.15, -0.1) is 0 Å². The van der Waals surface area contributed by atoms with Crippen molar-refractivity contribution >= 4 is 12.1 Å². The lowest BCUT2D eigenvalue weighted by Crippen LogP contribution is -2.56. The van der Waals surface area contributed by atoms with E-state index in [1.165, 1.54) is 0 Å². The maximum Gasteiger partial charge on any atom is 0.407 e. The highest BCUT2D eigenvalue weighted by atomic mass is 19.1. The van der Waals surface area contributed by atoms with E-state index in [0.29, 0.717) is 0 Å². The van der Waals surface area contributed by atoms with Gasteiger partial charge in [-0.1, -0.05) is 30.3 Å². The minimum absolute atomic E-state index is 0.124. The minimum atomic E-state index is -2.21. The molecule has 2 N–H and O–H groups in total. The molecule has 1 aromatic rings. The third kappa shape index (κ3) is 3.21. The fourth-order valence-electron chi connectivity index (χ4n) is 1.93. The first-order valence-corrected chi connectivity index (χ1v) is 5.89. The molecule has 0 saturated heterocycles. The molecule has 1 aliphatic carbocycles. The molecule has 0 unspecified atom stereocenters. The Balaban J connectivity index is 1.71. The van der Waals surface area contributed by atoms with Crippen LogP contribution in [0, 0.1) is 0 Å². The first-order valence-electron chi connectivity index (χ1n) is 5.89. The predicted octanol–water partition coefficient (Wildman–Crippen LogP) is 1.87. The number of carbonyl (C=O) groups excluding carboxylic acids is 1. The Morgan fingerprint density at radius 3 is 2.58 bits per heavy atom. The number of halogens is 1. The normalized spacial score (nSPS) is 25.2. The van der Waals surface area contributed by atoms with Crippen molar-refractivity contribution in [3.05, 3.63) is 35.9 Å². The number of alkyl carbamates (subject to hydrolysis) is 1. The Hall–Kier alpha value is -2.11. The summed E-state index contributed by atoms with van der Waals surface area (Å²) in [6, 6.07) is 8.65. The fraction of sp³-hybridized carbons (Fsp3) is 0.385. The molecule has 0 radical (unpaired) electrons. The van der Waals surface area contributed by atoms with Crippen LogP contribution in [0.4, 0.5) is 9.18 Å².